The highest BCUT2D eigenvalue weighted by atomic mass is 19.1. The first-order chi connectivity index (χ1) is 12.3. The van der Waals surface area contributed by atoms with Crippen LogP contribution in [0.1, 0.15) is 20.3 Å². The number of piperazine rings is 1. The van der Waals surface area contributed by atoms with Crippen LogP contribution in [-0.2, 0) is 19.1 Å². The Labute approximate surface area is 151 Å². The molecule has 1 unspecified atom stereocenters. The fourth-order valence-electron chi connectivity index (χ4n) is 2.57. The number of rotatable bonds is 7. The van der Waals surface area contributed by atoms with Crippen molar-refractivity contribution in [3.8, 4) is 0 Å². The van der Waals surface area contributed by atoms with Gasteiger partial charge in [-0.2, -0.15) is 0 Å². The van der Waals surface area contributed by atoms with Gasteiger partial charge in [0.15, 0.2) is 0 Å². The lowest BCUT2D eigenvalue weighted by atomic mass is 10.1. The molecule has 1 heterocycles. The van der Waals surface area contributed by atoms with Crippen LogP contribution in [0.3, 0.4) is 0 Å². The molecule has 1 atom stereocenters. The number of benzene rings is 1. The average molecular weight is 365 g/mol. The van der Waals surface area contributed by atoms with E-state index in [4.69, 9.17) is 4.74 Å². The van der Waals surface area contributed by atoms with E-state index in [1.165, 1.54) is 24.3 Å². The number of hydrogen-bond acceptors (Lipinski definition) is 5. The molecule has 7 nitrogen and oxygen atoms in total. The van der Waals surface area contributed by atoms with Crippen molar-refractivity contribution in [2.75, 3.05) is 31.6 Å². The zero-order valence-corrected chi connectivity index (χ0v) is 15.0. The van der Waals surface area contributed by atoms with Gasteiger partial charge in [0.25, 0.3) is 0 Å². The van der Waals surface area contributed by atoms with Gasteiger partial charge in [-0.15, -0.1) is 0 Å². The predicted molar refractivity (Wildman–Crippen MR) is 93.8 cm³/mol. The minimum Gasteiger partial charge on any atom is -0.465 e. The Morgan fingerprint density at radius 2 is 2.04 bits per heavy atom. The Morgan fingerprint density at radius 3 is 2.69 bits per heavy atom. The van der Waals surface area contributed by atoms with E-state index in [1.54, 1.807) is 4.90 Å². The van der Waals surface area contributed by atoms with Crippen molar-refractivity contribution in [1.29, 1.82) is 0 Å². The number of carbonyl (C=O) groups excluding carboxylic acids is 3. The summed E-state index contributed by atoms with van der Waals surface area (Å²) in [5, 5.41) is 5.35. The molecule has 8 heteroatoms. The maximum Gasteiger partial charge on any atom is 0.307 e. The van der Waals surface area contributed by atoms with E-state index in [1.807, 2.05) is 13.8 Å². The smallest absolute Gasteiger partial charge is 0.307 e. The summed E-state index contributed by atoms with van der Waals surface area (Å²) in [6.45, 7) is 4.94. The van der Waals surface area contributed by atoms with E-state index in [2.05, 4.69) is 10.6 Å². The van der Waals surface area contributed by atoms with Crippen LogP contribution in [0.15, 0.2) is 24.3 Å². The van der Waals surface area contributed by atoms with Gasteiger partial charge < -0.3 is 15.4 Å². The maximum atomic E-state index is 12.9. The van der Waals surface area contributed by atoms with E-state index in [-0.39, 0.29) is 37.3 Å². The number of hydrogen-bond donors (Lipinski definition) is 2. The van der Waals surface area contributed by atoms with Gasteiger partial charge in [-0.05, 0) is 30.2 Å². The highest BCUT2D eigenvalue weighted by Crippen LogP contribution is 2.12. The van der Waals surface area contributed by atoms with Crippen LogP contribution < -0.4 is 10.6 Å². The van der Waals surface area contributed by atoms with Crippen LogP contribution in [0.2, 0.25) is 0 Å². The SMILES string of the molecule is CC(C)COC(=O)CC1C(=O)NCCN1CC(=O)Nc1ccc(F)cc1. The summed E-state index contributed by atoms with van der Waals surface area (Å²) < 4.78 is 18.0. The zero-order valence-electron chi connectivity index (χ0n) is 15.0. The van der Waals surface area contributed by atoms with Crippen molar-refractivity contribution in [3.05, 3.63) is 30.1 Å². The zero-order chi connectivity index (χ0) is 19.1. The minimum atomic E-state index is -0.748. The molecular formula is C18H24FN3O4. The van der Waals surface area contributed by atoms with Crippen molar-refractivity contribution in [2.24, 2.45) is 5.92 Å². The topological polar surface area (TPSA) is 87.7 Å². The summed E-state index contributed by atoms with van der Waals surface area (Å²) in [7, 11) is 0. The third kappa shape index (κ3) is 6.11. The van der Waals surface area contributed by atoms with Crippen LogP contribution in [-0.4, -0.2) is 55.0 Å². The van der Waals surface area contributed by atoms with E-state index in [0.29, 0.717) is 18.8 Å². The lowest BCUT2D eigenvalue weighted by molar-refractivity contribution is -0.149. The minimum absolute atomic E-state index is 0.0487. The summed E-state index contributed by atoms with van der Waals surface area (Å²) in [4.78, 5) is 37.9. The highest BCUT2D eigenvalue weighted by Gasteiger charge is 2.33. The van der Waals surface area contributed by atoms with E-state index in [0.717, 1.165) is 0 Å². The molecule has 0 radical (unpaired) electrons. The first kappa shape index (κ1) is 19.8. The first-order valence-electron chi connectivity index (χ1n) is 8.58. The van der Waals surface area contributed by atoms with Crippen molar-refractivity contribution in [3.63, 3.8) is 0 Å². The number of carbonyl (C=O) groups is 3. The van der Waals surface area contributed by atoms with Crippen molar-refractivity contribution in [1.82, 2.24) is 10.2 Å². The van der Waals surface area contributed by atoms with Gasteiger partial charge in [0.1, 0.15) is 11.9 Å². The fourth-order valence-corrected chi connectivity index (χ4v) is 2.57. The van der Waals surface area contributed by atoms with E-state index < -0.39 is 17.8 Å². The Hall–Kier alpha value is -2.48. The van der Waals surface area contributed by atoms with Crippen molar-refractivity contribution in [2.45, 2.75) is 26.3 Å². The number of halogens is 1. The highest BCUT2D eigenvalue weighted by molar-refractivity contribution is 5.93. The van der Waals surface area contributed by atoms with Gasteiger partial charge in [-0.3, -0.25) is 19.3 Å². The van der Waals surface area contributed by atoms with Crippen LogP contribution in [0.25, 0.3) is 0 Å². The molecule has 2 amide bonds. The molecule has 1 aliphatic heterocycles. The third-order valence-electron chi connectivity index (χ3n) is 3.85. The van der Waals surface area contributed by atoms with Gasteiger partial charge in [-0.25, -0.2) is 4.39 Å². The summed E-state index contributed by atoms with van der Waals surface area (Å²) in [6, 6.07) is 4.66. The molecule has 0 aliphatic carbocycles. The number of ether oxygens (including phenoxy) is 1. The normalized spacial score (nSPS) is 17.7. The Kier molecular flexibility index (Phi) is 7.08. The molecule has 142 valence electrons. The molecule has 1 aliphatic rings. The largest absolute Gasteiger partial charge is 0.465 e. The second-order valence-electron chi connectivity index (χ2n) is 6.61. The molecule has 26 heavy (non-hydrogen) atoms. The predicted octanol–water partition coefficient (Wildman–Crippen LogP) is 1.15. The lowest BCUT2D eigenvalue weighted by Gasteiger charge is -2.33. The van der Waals surface area contributed by atoms with Crippen LogP contribution in [0.5, 0.6) is 0 Å². The standard InChI is InChI=1S/C18H24FN3O4/c1-12(2)11-26-17(24)9-15-18(25)20-7-8-22(15)10-16(23)21-14-5-3-13(19)4-6-14/h3-6,12,15H,7-11H2,1-2H3,(H,20,25)(H,21,23). The second-order valence-corrected chi connectivity index (χ2v) is 6.61. The van der Waals surface area contributed by atoms with Crippen LogP contribution >= 0.6 is 0 Å². The molecule has 1 fully saturated rings. The molecule has 0 spiro atoms. The number of nitrogens with one attached hydrogen (secondary N) is 2. The van der Waals surface area contributed by atoms with Gasteiger partial charge >= 0.3 is 5.97 Å². The monoisotopic (exact) mass is 365 g/mol. The molecular weight excluding hydrogens is 341 g/mol. The Morgan fingerprint density at radius 1 is 1.35 bits per heavy atom. The van der Waals surface area contributed by atoms with Crippen LogP contribution in [0, 0.1) is 11.7 Å². The van der Waals surface area contributed by atoms with Gasteiger partial charge in [-0.1, -0.05) is 13.8 Å². The molecule has 0 saturated carbocycles. The number of amides is 2. The van der Waals surface area contributed by atoms with Crippen molar-refractivity contribution >= 4 is 23.5 Å². The Balaban J connectivity index is 1.93. The summed E-state index contributed by atoms with van der Waals surface area (Å²) in [6.07, 6.45) is -0.109. The molecule has 0 aromatic heterocycles. The molecule has 2 N–H and O–H groups in total. The summed E-state index contributed by atoms with van der Waals surface area (Å²) in [5.41, 5.74) is 0.464. The van der Waals surface area contributed by atoms with Gasteiger partial charge in [0, 0.05) is 18.8 Å². The fraction of sp³-hybridized carbons (Fsp3) is 0.500. The molecule has 0 bridgehead atoms. The van der Waals surface area contributed by atoms with E-state index >= 15 is 0 Å². The van der Waals surface area contributed by atoms with Gasteiger partial charge in [0.2, 0.25) is 11.8 Å². The molecule has 1 aromatic rings. The van der Waals surface area contributed by atoms with Gasteiger partial charge in [0.05, 0.1) is 19.6 Å². The maximum absolute atomic E-state index is 12.9. The summed E-state index contributed by atoms with van der Waals surface area (Å²) in [5.74, 6) is -1.30. The number of anilines is 1. The molecule has 1 aromatic carbocycles. The average Bonchev–Trinajstić information content (AvgIpc) is 2.58. The van der Waals surface area contributed by atoms with E-state index in [9.17, 15) is 18.8 Å². The Bertz CT molecular complexity index is 648. The number of nitrogens with zero attached hydrogens (tertiary/aromatic N) is 1. The first-order valence-corrected chi connectivity index (χ1v) is 8.58. The quantitative estimate of drug-likeness (QED) is 0.708. The van der Waals surface area contributed by atoms with Crippen LogP contribution in [0.4, 0.5) is 10.1 Å². The second kappa shape index (κ2) is 9.28. The lowest BCUT2D eigenvalue weighted by Crippen LogP contribution is -2.57. The molecule has 1 saturated heterocycles. The molecule has 2 rings (SSSR count). The van der Waals surface area contributed by atoms with Crippen molar-refractivity contribution < 1.29 is 23.5 Å². The third-order valence-corrected chi connectivity index (χ3v) is 3.85. The number of esters is 1. The summed E-state index contributed by atoms with van der Waals surface area (Å²) >= 11 is 0.